The third kappa shape index (κ3) is 7.45. The second-order valence-corrected chi connectivity index (χ2v) is 17.8. The van der Waals surface area contributed by atoms with Gasteiger partial charge in [0.2, 0.25) is 8.32 Å². The summed E-state index contributed by atoms with van der Waals surface area (Å²) in [5.74, 6) is 0.00950. The van der Waals surface area contributed by atoms with Crippen LogP contribution in [0.1, 0.15) is 61.0 Å². The first-order chi connectivity index (χ1) is 19.1. The molecule has 2 heterocycles. The van der Waals surface area contributed by atoms with Gasteiger partial charge in [-0.15, -0.1) is 6.58 Å². The molecule has 0 N–H and O–H groups in total. The number of hydrogen-bond acceptors (Lipinski definition) is 7. The van der Waals surface area contributed by atoms with Gasteiger partial charge in [-0.25, -0.2) is 0 Å². The molecule has 1 aromatic carbocycles. The SMILES string of the molecule is C=CCO[C@H]1O[C@@H]2[C@H](O[C@H]([C@@H](COCOC)O[Si](C(C)C)(C(C)C)C(C)C)[C@@H](C)[C@@H]2OCc2ccccc2)[C@H]1C. The first-order valence-electron chi connectivity index (χ1n) is 15.0. The molecule has 0 aliphatic carbocycles. The van der Waals surface area contributed by atoms with Gasteiger partial charge >= 0.3 is 0 Å². The van der Waals surface area contributed by atoms with Crippen molar-refractivity contribution in [3.05, 3.63) is 48.6 Å². The normalized spacial score (nSPS) is 29.8. The maximum Gasteiger partial charge on any atom is 0.201 e. The van der Waals surface area contributed by atoms with Crippen LogP contribution in [0.5, 0.6) is 0 Å². The van der Waals surface area contributed by atoms with Gasteiger partial charge in [0.25, 0.3) is 0 Å². The zero-order valence-electron chi connectivity index (χ0n) is 26.2. The topological polar surface area (TPSA) is 64.6 Å². The van der Waals surface area contributed by atoms with E-state index in [9.17, 15) is 0 Å². The molecule has 2 aliphatic heterocycles. The van der Waals surface area contributed by atoms with Gasteiger partial charge in [0.1, 0.15) is 12.9 Å². The van der Waals surface area contributed by atoms with Crippen LogP contribution in [0.25, 0.3) is 0 Å². The minimum Gasteiger partial charge on any atom is -0.408 e. The van der Waals surface area contributed by atoms with Crippen LogP contribution in [0.4, 0.5) is 0 Å². The van der Waals surface area contributed by atoms with Crippen LogP contribution in [0.15, 0.2) is 43.0 Å². The molecule has 0 saturated carbocycles. The summed E-state index contributed by atoms with van der Waals surface area (Å²) in [7, 11) is -0.605. The smallest absolute Gasteiger partial charge is 0.201 e. The Balaban J connectivity index is 1.96. The molecule has 8 atom stereocenters. The zero-order valence-corrected chi connectivity index (χ0v) is 27.2. The summed E-state index contributed by atoms with van der Waals surface area (Å²) in [5, 5.41) is 0. The summed E-state index contributed by atoms with van der Waals surface area (Å²) in [4.78, 5) is 0. The molecule has 0 spiro atoms. The van der Waals surface area contributed by atoms with Gasteiger partial charge in [-0.3, -0.25) is 0 Å². The minimum atomic E-state index is -2.25. The molecule has 0 radical (unpaired) electrons. The number of hydrogen-bond donors (Lipinski definition) is 0. The predicted octanol–water partition coefficient (Wildman–Crippen LogP) is 6.72. The summed E-state index contributed by atoms with van der Waals surface area (Å²) >= 11 is 0. The van der Waals surface area contributed by atoms with Crippen molar-refractivity contribution in [2.45, 2.75) is 115 Å². The summed E-state index contributed by atoms with van der Waals surface area (Å²) in [5.41, 5.74) is 2.42. The third-order valence-corrected chi connectivity index (χ3v) is 14.9. The molecule has 228 valence electrons. The van der Waals surface area contributed by atoms with E-state index in [0.717, 1.165) is 5.56 Å². The monoisotopic (exact) mass is 578 g/mol. The highest BCUT2D eigenvalue weighted by Crippen LogP contribution is 2.46. The maximum atomic E-state index is 7.36. The van der Waals surface area contributed by atoms with Gasteiger partial charge in [0.15, 0.2) is 6.29 Å². The lowest BCUT2D eigenvalue weighted by molar-refractivity contribution is -0.238. The fraction of sp³-hybridized carbons (Fsp3) is 0.750. The zero-order chi connectivity index (χ0) is 29.4. The number of methoxy groups -OCH3 is 1. The Morgan fingerprint density at radius 1 is 0.900 bits per heavy atom. The Labute approximate surface area is 244 Å². The fourth-order valence-corrected chi connectivity index (χ4v) is 12.5. The summed E-state index contributed by atoms with van der Waals surface area (Å²) in [6, 6.07) is 10.3. The number of ether oxygens (including phenoxy) is 6. The molecule has 1 aromatic rings. The van der Waals surface area contributed by atoms with Crippen LogP contribution in [0, 0.1) is 11.8 Å². The maximum absolute atomic E-state index is 7.36. The Morgan fingerprint density at radius 3 is 2.12 bits per heavy atom. The van der Waals surface area contributed by atoms with E-state index in [2.05, 4.69) is 74.1 Å². The Kier molecular flexibility index (Phi) is 12.9. The average Bonchev–Trinajstić information content (AvgIpc) is 3.23. The highest BCUT2D eigenvalue weighted by atomic mass is 28.4. The lowest BCUT2D eigenvalue weighted by atomic mass is 9.83. The standard InChI is InChI=1S/C32H54O7Si/c1-11-17-35-32-25(9)30-31(38-32)29(36-18-26-15-13-12-14-16-26)24(8)28(37-30)27(19-34-20-33-10)39-40(21(2)3,22(4)5)23(6)7/h11-16,21-25,27-32H,1,17-20H2,2-10H3/t24-,25-,27-,28+,29+,30-,31+,32+/m1/s1. The van der Waals surface area contributed by atoms with Crippen molar-refractivity contribution >= 4 is 8.32 Å². The fourth-order valence-electron chi connectivity index (χ4n) is 6.97. The highest BCUT2D eigenvalue weighted by Gasteiger charge is 2.57. The number of rotatable bonds is 16. The molecule has 0 aromatic heterocycles. The van der Waals surface area contributed by atoms with Gasteiger partial charge in [-0.05, 0) is 22.2 Å². The van der Waals surface area contributed by atoms with Gasteiger partial charge in [0, 0.05) is 18.9 Å². The van der Waals surface area contributed by atoms with Crippen molar-refractivity contribution in [2.75, 3.05) is 27.1 Å². The molecule has 3 rings (SSSR count). The third-order valence-electron chi connectivity index (χ3n) is 8.81. The van der Waals surface area contributed by atoms with E-state index in [1.165, 1.54) is 0 Å². The van der Waals surface area contributed by atoms with E-state index in [4.69, 9.17) is 32.8 Å². The second kappa shape index (κ2) is 15.4. The number of fused-ring (bicyclic) bond motifs is 1. The van der Waals surface area contributed by atoms with Crippen molar-refractivity contribution in [1.82, 2.24) is 0 Å². The average molecular weight is 579 g/mol. The lowest BCUT2D eigenvalue weighted by Crippen LogP contribution is -2.61. The molecular formula is C32H54O7Si. The van der Waals surface area contributed by atoms with E-state index < -0.39 is 8.32 Å². The molecule has 2 aliphatic rings. The first-order valence-corrected chi connectivity index (χ1v) is 17.2. The van der Waals surface area contributed by atoms with E-state index in [0.29, 0.717) is 36.4 Å². The molecule has 2 fully saturated rings. The quantitative estimate of drug-likeness (QED) is 0.0934. The van der Waals surface area contributed by atoms with Crippen LogP contribution in [0.3, 0.4) is 0 Å². The highest BCUT2D eigenvalue weighted by molar-refractivity contribution is 6.77. The van der Waals surface area contributed by atoms with Crippen LogP contribution >= 0.6 is 0 Å². The van der Waals surface area contributed by atoms with E-state index in [1.807, 2.05) is 18.2 Å². The Morgan fingerprint density at radius 2 is 1.55 bits per heavy atom. The minimum absolute atomic E-state index is 0.00959. The van der Waals surface area contributed by atoms with Gasteiger partial charge in [0.05, 0.1) is 44.2 Å². The Bertz CT molecular complexity index is 858. The molecular weight excluding hydrogens is 524 g/mol. The number of benzene rings is 1. The van der Waals surface area contributed by atoms with Crippen LogP contribution in [-0.4, -0.2) is 72.2 Å². The second-order valence-electron chi connectivity index (χ2n) is 12.4. The lowest BCUT2D eigenvalue weighted by Gasteiger charge is -2.50. The molecule has 7 nitrogen and oxygen atoms in total. The molecule has 0 bridgehead atoms. The van der Waals surface area contributed by atoms with E-state index >= 15 is 0 Å². The van der Waals surface area contributed by atoms with Crippen molar-refractivity contribution in [3.8, 4) is 0 Å². The summed E-state index contributed by atoms with van der Waals surface area (Å²) < 4.78 is 44.8. The van der Waals surface area contributed by atoms with Gasteiger partial charge in [-0.1, -0.05) is 91.8 Å². The Hall–Kier alpha value is -1.10. The van der Waals surface area contributed by atoms with Crippen LogP contribution in [-0.2, 0) is 39.5 Å². The molecule has 0 unspecified atom stereocenters. The van der Waals surface area contributed by atoms with Crippen molar-refractivity contribution in [1.29, 1.82) is 0 Å². The first kappa shape index (κ1) is 33.4. The molecule has 0 amide bonds. The van der Waals surface area contributed by atoms with E-state index in [1.54, 1.807) is 13.2 Å². The predicted molar refractivity (Wildman–Crippen MR) is 161 cm³/mol. The molecule has 40 heavy (non-hydrogen) atoms. The van der Waals surface area contributed by atoms with Gasteiger partial charge < -0.3 is 32.8 Å². The molecule has 2 saturated heterocycles. The van der Waals surface area contributed by atoms with Gasteiger partial charge in [-0.2, -0.15) is 0 Å². The van der Waals surface area contributed by atoms with E-state index in [-0.39, 0.29) is 55.4 Å². The summed E-state index contributed by atoms with van der Waals surface area (Å²) in [6.07, 6.45) is 0.200. The van der Waals surface area contributed by atoms with Crippen molar-refractivity contribution in [3.63, 3.8) is 0 Å². The van der Waals surface area contributed by atoms with Crippen molar-refractivity contribution < 1.29 is 32.8 Å². The van der Waals surface area contributed by atoms with Crippen LogP contribution in [0.2, 0.25) is 16.6 Å². The summed E-state index contributed by atoms with van der Waals surface area (Å²) in [6.45, 7) is 23.5. The van der Waals surface area contributed by atoms with Crippen molar-refractivity contribution in [2.24, 2.45) is 11.8 Å². The molecule has 8 heteroatoms. The van der Waals surface area contributed by atoms with Crippen LogP contribution < -0.4 is 0 Å². The largest absolute Gasteiger partial charge is 0.408 e.